The average molecular weight is 349 g/mol. The fraction of sp³-hybridized carbons (Fsp3) is 0.200. The lowest BCUT2D eigenvalue weighted by atomic mass is 10.1. The molecule has 2 amide bonds. The first-order valence-electron chi connectivity index (χ1n) is 8.43. The maximum atomic E-state index is 12.6. The van der Waals surface area contributed by atoms with Crippen LogP contribution in [0.1, 0.15) is 28.5 Å². The Morgan fingerprint density at radius 1 is 1.15 bits per heavy atom. The number of fused-ring (bicyclic) bond motifs is 2. The number of hydrogen-bond acceptors (Lipinski definition) is 3. The van der Waals surface area contributed by atoms with E-state index in [-0.39, 0.29) is 11.8 Å². The lowest BCUT2D eigenvalue weighted by Crippen LogP contribution is -2.34. The molecule has 1 atom stereocenters. The summed E-state index contributed by atoms with van der Waals surface area (Å²) in [5, 5.41) is 6.66. The van der Waals surface area contributed by atoms with Crippen LogP contribution in [0.4, 0.5) is 11.4 Å². The van der Waals surface area contributed by atoms with Gasteiger partial charge in [0.25, 0.3) is 11.8 Å². The van der Waals surface area contributed by atoms with Gasteiger partial charge in [0.05, 0.1) is 5.69 Å². The summed E-state index contributed by atoms with van der Waals surface area (Å²) < 4.78 is 5.52. The Bertz CT molecular complexity index is 1050. The van der Waals surface area contributed by atoms with Crippen molar-refractivity contribution in [3.05, 3.63) is 53.2 Å². The number of anilines is 2. The van der Waals surface area contributed by atoms with Crippen LogP contribution in [-0.2, 0) is 4.79 Å². The Hall–Kier alpha value is -3.28. The Labute approximate surface area is 150 Å². The van der Waals surface area contributed by atoms with Crippen molar-refractivity contribution in [1.29, 1.82) is 0 Å². The summed E-state index contributed by atoms with van der Waals surface area (Å²) in [5.41, 5.74) is 4.82. The molecule has 0 radical (unpaired) electrons. The third-order valence-electron chi connectivity index (χ3n) is 4.50. The molecule has 26 heavy (non-hydrogen) atoms. The van der Waals surface area contributed by atoms with Gasteiger partial charge in [0.15, 0.2) is 6.10 Å². The summed E-state index contributed by atoms with van der Waals surface area (Å²) in [6, 6.07) is 11.1. The minimum atomic E-state index is -0.527. The highest BCUT2D eigenvalue weighted by molar-refractivity contribution is 6.07. The van der Waals surface area contributed by atoms with E-state index in [1.54, 1.807) is 25.1 Å². The van der Waals surface area contributed by atoms with Crippen molar-refractivity contribution in [2.24, 2.45) is 0 Å². The summed E-state index contributed by atoms with van der Waals surface area (Å²) in [7, 11) is 0. The highest BCUT2D eigenvalue weighted by Gasteiger charge is 2.23. The van der Waals surface area contributed by atoms with Crippen molar-refractivity contribution in [3.8, 4) is 5.75 Å². The molecule has 0 fully saturated rings. The minimum Gasteiger partial charge on any atom is -0.479 e. The van der Waals surface area contributed by atoms with Crippen LogP contribution in [0.2, 0.25) is 0 Å². The first kappa shape index (κ1) is 16.2. The summed E-state index contributed by atoms with van der Waals surface area (Å²) in [6.07, 6.45) is -0.527. The Morgan fingerprint density at radius 2 is 1.96 bits per heavy atom. The van der Waals surface area contributed by atoms with E-state index in [2.05, 4.69) is 21.7 Å². The number of aromatic amines is 1. The monoisotopic (exact) mass is 349 g/mol. The van der Waals surface area contributed by atoms with Crippen molar-refractivity contribution in [2.45, 2.75) is 26.9 Å². The molecule has 0 spiro atoms. The highest BCUT2D eigenvalue weighted by Crippen LogP contribution is 2.32. The van der Waals surface area contributed by atoms with E-state index in [0.717, 1.165) is 22.0 Å². The van der Waals surface area contributed by atoms with Gasteiger partial charge in [0.1, 0.15) is 11.4 Å². The number of amides is 2. The minimum absolute atomic E-state index is 0.206. The van der Waals surface area contributed by atoms with Gasteiger partial charge >= 0.3 is 0 Å². The molecule has 2 heterocycles. The number of H-pyrrole nitrogens is 1. The Kier molecular flexibility index (Phi) is 3.68. The zero-order valence-corrected chi connectivity index (χ0v) is 14.8. The zero-order valence-electron chi connectivity index (χ0n) is 14.8. The molecular formula is C20H19N3O3. The van der Waals surface area contributed by atoms with E-state index in [9.17, 15) is 9.59 Å². The number of benzene rings is 2. The van der Waals surface area contributed by atoms with Gasteiger partial charge in [-0.25, -0.2) is 0 Å². The lowest BCUT2D eigenvalue weighted by Gasteiger charge is -2.23. The van der Waals surface area contributed by atoms with Gasteiger partial charge in [-0.3, -0.25) is 9.59 Å². The molecule has 1 unspecified atom stereocenters. The number of nitrogens with one attached hydrogen (secondary N) is 3. The van der Waals surface area contributed by atoms with Crippen LogP contribution in [-0.4, -0.2) is 22.9 Å². The van der Waals surface area contributed by atoms with Gasteiger partial charge in [0.2, 0.25) is 0 Å². The van der Waals surface area contributed by atoms with Crippen LogP contribution in [0.5, 0.6) is 5.75 Å². The predicted octanol–water partition coefficient (Wildman–Crippen LogP) is 3.76. The summed E-state index contributed by atoms with van der Waals surface area (Å²) in [4.78, 5) is 27.5. The third-order valence-corrected chi connectivity index (χ3v) is 4.50. The van der Waals surface area contributed by atoms with Crippen molar-refractivity contribution in [2.75, 3.05) is 10.6 Å². The predicted molar refractivity (Wildman–Crippen MR) is 101 cm³/mol. The largest absolute Gasteiger partial charge is 0.479 e. The normalized spacial score (nSPS) is 16.0. The molecule has 1 aliphatic rings. The standard InChI is InChI=1S/C20H19N3O3/c1-10-6-11(2)14-9-17(22-15(14)7-10)20(25)21-13-4-5-18-16(8-13)23-19(24)12(3)26-18/h4-9,12,22H,1-3H3,(H,21,25)(H,23,24). The molecular weight excluding hydrogens is 330 g/mol. The number of carbonyl (C=O) groups excluding carboxylic acids is 2. The maximum Gasteiger partial charge on any atom is 0.272 e. The van der Waals surface area contributed by atoms with Crippen LogP contribution in [0.15, 0.2) is 36.4 Å². The Morgan fingerprint density at radius 3 is 2.77 bits per heavy atom. The summed E-state index contributed by atoms with van der Waals surface area (Å²) in [6.45, 7) is 5.74. The van der Waals surface area contributed by atoms with E-state index in [4.69, 9.17) is 4.74 Å². The second kappa shape index (κ2) is 5.91. The average Bonchev–Trinajstić information content (AvgIpc) is 3.00. The number of aryl methyl sites for hydroxylation is 2. The molecule has 3 N–H and O–H groups in total. The van der Waals surface area contributed by atoms with Crippen LogP contribution < -0.4 is 15.4 Å². The van der Waals surface area contributed by atoms with Crippen molar-refractivity contribution in [1.82, 2.24) is 4.98 Å². The SMILES string of the molecule is Cc1cc(C)c2cc(C(=O)Nc3ccc4c(c3)NC(=O)C(C)O4)[nH]c2c1. The number of ether oxygens (including phenoxy) is 1. The molecule has 1 aromatic heterocycles. The molecule has 0 bridgehead atoms. The molecule has 0 aliphatic carbocycles. The molecule has 0 saturated carbocycles. The second-order valence-corrected chi connectivity index (χ2v) is 6.64. The summed E-state index contributed by atoms with van der Waals surface area (Å²) in [5.74, 6) is 0.142. The first-order valence-corrected chi connectivity index (χ1v) is 8.43. The van der Waals surface area contributed by atoms with Crippen LogP contribution in [0.3, 0.4) is 0 Å². The van der Waals surface area contributed by atoms with E-state index in [1.165, 1.54) is 0 Å². The molecule has 132 valence electrons. The fourth-order valence-electron chi connectivity index (χ4n) is 3.21. The fourth-order valence-corrected chi connectivity index (χ4v) is 3.21. The van der Waals surface area contributed by atoms with Gasteiger partial charge in [-0.1, -0.05) is 6.07 Å². The van der Waals surface area contributed by atoms with Gasteiger partial charge in [-0.15, -0.1) is 0 Å². The van der Waals surface area contributed by atoms with Crippen LogP contribution in [0.25, 0.3) is 10.9 Å². The number of carbonyl (C=O) groups is 2. The van der Waals surface area contributed by atoms with E-state index < -0.39 is 6.10 Å². The van der Waals surface area contributed by atoms with E-state index in [1.807, 2.05) is 26.0 Å². The molecule has 4 rings (SSSR count). The first-order chi connectivity index (χ1) is 12.4. The number of aromatic nitrogens is 1. The van der Waals surface area contributed by atoms with Crippen molar-refractivity contribution in [3.63, 3.8) is 0 Å². The maximum absolute atomic E-state index is 12.6. The van der Waals surface area contributed by atoms with Crippen molar-refractivity contribution >= 4 is 34.1 Å². The quantitative estimate of drug-likeness (QED) is 0.659. The molecule has 6 heteroatoms. The van der Waals surface area contributed by atoms with Gasteiger partial charge in [-0.2, -0.15) is 0 Å². The van der Waals surface area contributed by atoms with E-state index in [0.29, 0.717) is 22.8 Å². The second-order valence-electron chi connectivity index (χ2n) is 6.64. The molecule has 2 aromatic carbocycles. The van der Waals surface area contributed by atoms with E-state index >= 15 is 0 Å². The van der Waals surface area contributed by atoms with Gasteiger partial charge in [-0.05, 0) is 62.2 Å². The highest BCUT2D eigenvalue weighted by atomic mass is 16.5. The topological polar surface area (TPSA) is 83.2 Å². The molecule has 3 aromatic rings. The molecule has 1 aliphatic heterocycles. The number of rotatable bonds is 2. The van der Waals surface area contributed by atoms with Gasteiger partial charge < -0.3 is 20.4 Å². The molecule has 0 saturated heterocycles. The third kappa shape index (κ3) is 2.79. The van der Waals surface area contributed by atoms with Crippen molar-refractivity contribution < 1.29 is 14.3 Å². The van der Waals surface area contributed by atoms with Gasteiger partial charge in [0, 0.05) is 16.6 Å². The zero-order chi connectivity index (χ0) is 18.4. The Balaban J connectivity index is 1.60. The smallest absolute Gasteiger partial charge is 0.272 e. The molecule has 6 nitrogen and oxygen atoms in total. The number of hydrogen-bond donors (Lipinski definition) is 3. The van der Waals surface area contributed by atoms with Crippen LogP contribution >= 0.6 is 0 Å². The van der Waals surface area contributed by atoms with Crippen LogP contribution in [0, 0.1) is 13.8 Å². The lowest BCUT2D eigenvalue weighted by molar-refractivity contribution is -0.122. The summed E-state index contributed by atoms with van der Waals surface area (Å²) >= 11 is 0.